The van der Waals surface area contributed by atoms with Crippen molar-refractivity contribution < 1.29 is 18.3 Å². The number of aliphatic hydroxyl groups excluding tert-OH is 1. The number of unbranched alkanes of at least 4 members (excludes halogenated alkanes) is 1. The van der Waals surface area contributed by atoms with Crippen LogP contribution in [0.3, 0.4) is 0 Å². The molecule has 2 nitrogen and oxygen atoms in total. The Kier molecular flexibility index (Phi) is 4.97. The Labute approximate surface area is 112 Å². The molecular formula is C9H11ClF3NOS2. The molecule has 0 aliphatic carbocycles. The Hall–Kier alpha value is -0.140. The van der Waals surface area contributed by atoms with E-state index >= 15 is 0 Å². The van der Waals surface area contributed by atoms with E-state index in [0.29, 0.717) is 6.42 Å². The summed E-state index contributed by atoms with van der Waals surface area (Å²) in [5.74, 6) is 0. The van der Waals surface area contributed by atoms with Crippen molar-refractivity contribution in [1.29, 1.82) is 0 Å². The molecule has 0 aromatic heterocycles. The summed E-state index contributed by atoms with van der Waals surface area (Å²) in [4.78, 5) is -0.199. The van der Waals surface area contributed by atoms with Crippen LogP contribution in [-0.2, 0) is 0 Å². The standard InChI is InChI=1S/C9H11ClF3NOS2/c1-2-3-4-14-6(9(11,12)13)5(7(15)16)17-8(14)10/h8H,2-4H2,1H3,(H,15,16). The number of hydrogen-bond donors (Lipinski definition) is 1. The lowest BCUT2D eigenvalue weighted by molar-refractivity contribution is -0.110. The Morgan fingerprint density at radius 1 is 1.59 bits per heavy atom. The molecule has 1 aliphatic heterocycles. The largest absolute Gasteiger partial charge is 0.498 e. The molecule has 0 aromatic carbocycles. The summed E-state index contributed by atoms with van der Waals surface area (Å²) in [6.45, 7) is 2.07. The lowest BCUT2D eigenvalue weighted by atomic mass is 10.3. The highest BCUT2D eigenvalue weighted by molar-refractivity contribution is 8.06. The van der Waals surface area contributed by atoms with Gasteiger partial charge in [0.2, 0.25) is 0 Å². The van der Waals surface area contributed by atoms with Gasteiger partial charge >= 0.3 is 6.18 Å². The number of nitrogens with zero attached hydrogens (tertiary/aromatic N) is 1. The van der Waals surface area contributed by atoms with Gasteiger partial charge in [-0.2, -0.15) is 13.2 Å². The van der Waals surface area contributed by atoms with Crippen molar-refractivity contribution in [2.45, 2.75) is 30.8 Å². The number of allylic oxidation sites excluding steroid dienone is 1. The van der Waals surface area contributed by atoms with Crippen LogP contribution >= 0.6 is 35.6 Å². The summed E-state index contributed by atoms with van der Waals surface area (Å²) in [6, 6.07) is 0. The second kappa shape index (κ2) is 5.67. The lowest BCUT2D eigenvalue weighted by Gasteiger charge is -2.26. The second-order valence-corrected chi connectivity index (χ2v) is 5.59. The summed E-state index contributed by atoms with van der Waals surface area (Å²) in [7, 11) is 0. The predicted octanol–water partition coefficient (Wildman–Crippen LogP) is 4.02. The van der Waals surface area contributed by atoms with Crippen LogP contribution in [0.4, 0.5) is 13.2 Å². The Morgan fingerprint density at radius 2 is 2.18 bits per heavy atom. The van der Waals surface area contributed by atoms with Gasteiger partial charge in [-0.25, -0.2) is 0 Å². The zero-order valence-electron chi connectivity index (χ0n) is 8.92. The summed E-state index contributed by atoms with van der Waals surface area (Å²) in [6.07, 6.45) is -3.21. The minimum absolute atomic E-state index is 0.193. The number of aliphatic hydroxyl groups is 1. The number of thioether (sulfide) groups is 1. The number of thiocarbonyl (C=S) groups is 1. The fraction of sp³-hybridized carbons (Fsp3) is 0.667. The molecule has 1 unspecified atom stereocenters. The van der Waals surface area contributed by atoms with Gasteiger partial charge in [0, 0.05) is 6.54 Å². The molecule has 0 radical (unpaired) electrons. The first-order valence-electron chi connectivity index (χ1n) is 4.91. The normalized spacial score (nSPS) is 21.2. The molecule has 0 bridgehead atoms. The molecule has 17 heavy (non-hydrogen) atoms. The van der Waals surface area contributed by atoms with Gasteiger partial charge in [0.25, 0.3) is 0 Å². The van der Waals surface area contributed by atoms with Crippen LogP contribution in [0, 0.1) is 0 Å². The van der Waals surface area contributed by atoms with E-state index in [2.05, 4.69) is 12.2 Å². The van der Waals surface area contributed by atoms with Crippen molar-refractivity contribution in [1.82, 2.24) is 4.90 Å². The van der Waals surface area contributed by atoms with E-state index in [4.69, 9.17) is 16.7 Å². The van der Waals surface area contributed by atoms with E-state index in [0.717, 1.165) is 23.1 Å². The van der Waals surface area contributed by atoms with E-state index in [9.17, 15) is 13.2 Å². The molecule has 0 aromatic rings. The molecule has 0 fully saturated rings. The quantitative estimate of drug-likeness (QED) is 0.481. The lowest BCUT2D eigenvalue weighted by Crippen LogP contribution is -2.33. The fourth-order valence-electron chi connectivity index (χ4n) is 1.43. The van der Waals surface area contributed by atoms with E-state index in [1.807, 2.05) is 6.92 Å². The molecule has 1 rings (SSSR count). The zero-order valence-corrected chi connectivity index (χ0v) is 11.3. The highest BCUT2D eigenvalue weighted by Crippen LogP contribution is 2.47. The minimum atomic E-state index is -4.56. The molecule has 0 amide bonds. The van der Waals surface area contributed by atoms with Crippen LogP contribution in [0.25, 0.3) is 0 Å². The molecule has 1 atom stereocenters. The van der Waals surface area contributed by atoms with Crippen molar-refractivity contribution in [3.8, 4) is 0 Å². The molecule has 98 valence electrons. The first-order chi connectivity index (χ1) is 7.79. The zero-order chi connectivity index (χ0) is 13.2. The van der Waals surface area contributed by atoms with Crippen LogP contribution < -0.4 is 0 Å². The van der Waals surface area contributed by atoms with Crippen LogP contribution in [0.1, 0.15) is 19.8 Å². The maximum Gasteiger partial charge on any atom is 0.432 e. The van der Waals surface area contributed by atoms with Crippen LogP contribution in [0.2, 0.25) is 0 Å². The maximum absolute atomic E-state index is 12.9. The third-order valence-electron chi connectivity index (χ3n) is 2.18. The number of halogens is 4. The highest BCUT2D eigenvalue weighted by atomic mass is 35.5. The van der Waals surface area contributed by atoms with Gasteiger partial charge in [-0.15, -0.1) is 0 Å². The van der Waals surface area contributed by atoms with Crippen LogP contribution in [0.5, 0.6) is 0 Å². The molecule has 8 heteroatoms. The highest BCUT2D eigenvalue weighted by Gasteiger charge is 2.47. The van der Waals surface area contributed by atoms with Gasteiger partial charge in [-0.3, -0.25) is 0 Å². The average Bonchev–Trinajstić information content (AvgIpc) is 2.52. The van der Waals surface area contributed by atoms with Gasteiger partial charge in [0.05, 0.1) is 4.91 Å². The monoisotopic (exact) mass is 305 g/mol. The second-order valence-electron chi connectivity index (χ2n) is 3.44. The Morgan fingerprint density at radius 3 is 2.59 bits per heavy atom. The van der Waals surface area contributed by atoms with Gasteiger partial charge in [-0.1, -0.05) is 36.7 Å². The molecule has 1 N–H and O–H groups in total. The first kappa shape index (κ1) is 14.9. The van der Waals surface area contributed by atoms with Crippen molar-refractivity contribution >= 4 is 40.6 Å². The SMILES string of the molecule is CCCCN1C(C(F)(F)F)=C(C(O)=S)SC1Cl. The number of hydrogen-bond acceptors (Lipinski definition) is 3. The van der Waals surface area contributed by atoms with Crippen molar-refractivity contribution in [2.24, 2.45) is 0 Å². The summed E-state index contributed by atoms with van der Waals surface area (Å²) < 4.78 is 38.6. The third-order valence-corrected chi connectivity index (χ3v) is 4.09. The van der Waals surface area contributed by atoms with Gasteiger partial charge in [0.15, 0.2) is 9.88 Å². The molecule has 0 saturated heterocycles. The third kappa shape index (κ3) is 3.42. The maximum atomic E-state index is 12.9. The summed E-state index contributed by atoms with van der Waals surface area (Å²) in [5.41, 5.74) is -0.927. The molecule has 1 aliphatic rings. The minimum Gasteiger partial charge on any atom is -0.498 e. The van der Waals surface area contributed by atoms with E-state index in [1.54, 1.807) is 0 Å². The van der Waals surface area contributed by atoms with Crippen molar-refractivity contribution in [2.75, 3.05) is 6.54 Å². The number of rotatable bonds is 4. The molecule has 1 heterocycles. The van der Waals surface area contributed by atoms with Gasteiger partial charge < -0.3 is 10.0 Å². The Bertz CT molecular complexity index is 346. The van der Waals surface area contributed by atoms with E-state index in [1.165, 1.54) is 0 Å². The fourth-order valence-corrected chi connectivity index (χ4v) is 3.12. The molecular weight excluding hydrogens is 295 g/mol. The topological polar surface area (TPSA) is 23.5 Å². The van der Waals surface area contributed by atoms with Crippen LogP contribution in [-0.4, -0.2) is 32.6 Å². The summed E-state index contributed by atoms with van der Waals surface area (Å²) >= 11 is 11.0. The Balaban J connectivity index is 3.06. The molecule has 0 saturated carbocycles. The van der Waals surface area contributed by atoms with E-state index < -0.39 is 21.8 Å². The predicted molar refractivity (Wildman–Crippen MR) is 67.2 cm³/mol. The summed E-state index contributed by atoms with van der Waals surface area (Å²) in [5, 5.41) is 8.36. The molecule has 0 spiro atoms. The number of alkyl halides is 4. The van der Waals surface area contributed by atoms with Crippen molar-refractivity contribution in [3.05, 3.63) is 10.6 Å². The average molecular weight is 306 g/mol. The van der Waals surface area contributed by atoms with Gasteiger partial charge in [0.1, 0.15) is 5.70 Å². The first-order valence-corrected chi connectivity index (χ1v) is 6.63. The van der Waals surface area contributed by atoms with Gasteiger partial charge in [-0.05, 0) is 18.6 Å². The van der Waals surface area contributed by atoms with Crippen LogP contribution in [0.15, 0.2) is 10.6 Å². The van der Waals surface area contributed by atoms with Crippen molar-refractivity contribution in [3.63, 3.8) is 0 Å². The van der Waals surface area contributed by atoms with E-state index in [-0.39, 0.29) is 11.4 Å². The smallest absolute Gasteiger partial charge is 0.432 e.